The van der Waals surface area contributed by atoms with E-state index in [1.54, 1.807) is 11.6 Å². The normalized spacial score (nSPS) is 24.9. The lowest BCUT2D eigenvalue weighted by Gasteiger charge is -2.26. The van der Waals surface area contributed by atoms with Crippen molar-refractivity contribution in [1.29, 1.82) is 0 Å². The van der Waals surface area contributed by atoms with E-state index in [0.717, 1.165) is 4.31 Å². The molecule has 0 amide bonds. The Kier molecular flexibility index (Phi) is 3.45. The Labute approximate surface area is 106 Å². The summed E-state index contributed by atoms with van der Waals surface area (Å²) in [5.41, 5.74) is -0.989. The summed E-state index contributed by atoms with van der Waals surface area (Å²) in [5.74, 6) is 0. The van der Waals surface area contributed by atoms with Gasteiger partial charge >= 0.3 is 0 Å². The molecule has 0 bridgehead atoms. The molecule has 1 aromatic rings. The summed E-state index contributed by atoms with van der Waals surface area (Å²) in [7, 11) is -0.463. The van der Waals surface area contributed by atoms with Crippen molar-refractivity contribution in [2.24, 2.45) is 7.05 Å². The van der Waals surface area contributed by atoms with E-state index in [4.69, 9.17) is 0 Å². The Bertz CT molecular complexity index is 519. The number of nitrogens with zero attached hydrogens (tertiary/aromatic N) is 3. The molecular formula is C10H18N4O3S. The van der Waals surface area contributed by atoms with Crippen molar-refractivity contribution in [3.8, 4) is 0 Å². The number of imidazole rings is 1. The fourth-order valence-corrected chi connectivity index (χ4v) is 3.26. The average Bonchev–Trinajstić information content (AvgIpc) is 2.87. The standard InChI is InChI=1S/C10H18N4O3S/c1-13-5-9(12-8-13)18(16,17)14(2)7-10(15)3-4-11-6-10/h5,8,11,15H,3-4,6-7H2,1-2H3. The molecule has 2 rings (SSSR count). The molecule has 1 aliphatic heterocycles. The SMILES string of the molecule is CN(CC1(O)CCNC1)S(=O)(=O)c1cn(C)cn1. The van der Waals surface area contributed by atoms with Gasteiger partial charge in [-0.25, -0.2) is 13.4 Å². The van der Waals surface area contributed by atoms with Crippen molar-refractivity contribution in [3.05, 3.63) is 12.5 Å². The predicted octanol–water partition coefficient (Wildman–Crippen LogP) is -1.23. The smallest absolute Gasteiger partial charge is 0.261 e. The summed E-state index contributed by atoms with van der Waals surface area (Å²) in [5, 5.41) is 13.2. The topological polar surface area (TPSA) is 87.5 Å². The minimum atomic E-state index is -3.63. The molecule has 18 heavy (non-hydrogen) atoms. The number of β-amino-alcohol motifs (C(OH)–C–C–N with tert-alkyl or cyclic N) is 1. The molecule has 0 spiro atoms. The molecule has 7 nitrogen and oxygen atoms in total. The second-order valence-electron chi connectivity index (χ2n) is 4.79. The number of aliphatic hydroxyl groups is 1. The van der Waals surface area contributed by atoms with E-state index in [1.807, 2.05) is 0 Å². The first-order chi connectivity index (χ1) is 8.33. The maximum absolute atomic E-state index is 12.2. The van der Waals surface area contributed by atoms with Gasteiger partial charge in [-0.1, -0.05) is 0 Å². The van der Waals surface area contributed by atoms with Gasteiger partial charge in [0, 0.05) is 33.4 Å². The molecule has 1 aliphatic rings. The van der Waals surface area contributed by atoms with E-state index in [1.165, 1.54) is 19.6 Å². The molecule has 0 aliphatic carbocycles. The van der Waals surface area contributed by atoms with Crippen molar-refractivity contribution in [2.75, 3.05) is 26.7 Å². The van der Waals surface area contributed by atoms with Gasteiger partial charge in [-0.2, -0.15) is 4.31 Å². The summed E-state index contributed by atoms with van der Waals surface area (Å²) in [6.45, 7) is 1.18. The lowest BCUT2D eigenvalue weighted by molar-refractivity contribution is 0.0462. The van der Waals surface area contributed by atoms with E-state index < -0.39 is 15.6 Å². The van der Waals surface area contributed by atoms with E-state index in [-0.39, 0.29) is 11.6 Å². The van der Waals surface area contributed by atoms with Crippen LogP contribution in [0.5, 0.6) is 0 Å². The number of nitrogens with one attached hydrogen (secondary N) is 1. The first-order valence-corrected chi connectivity index (χ1v) is 7.15. The van der Waals surface area contributed by atoms with E-state index in [9.17, 15) is 13.5 Å². The molecule has 2 N–H and O–H groups in total. The molecule has 1 saturated heterocycles. The maximum Gasteiger partial charge on any atom is 0.261 e. The van der Waals surface area contributed by atoms with Gasteiger partial charge in [0.25, 0.3) is 10.0 Å². The monoisotopic (exact) mass is 274 g/mol. The second kappa shape index (κ2) is 4.61. The summed E-state index contributed by atoms with van der Waals surface area (Å²) in [6, 6.07) is 0. The van der Waals surface area contributed by atoms with Crippen molar-refractivity contribution >= 4 is 10.0 Å². The Hall–Kier alpha value is -0.960. The number of aromatic nitrogens is 2. The fraction of sp³-hybridized carbons (Fsp3) is 0.700. The quantitative estimate of drug-likeness (QED) is 0.717. The predicted molar refractivity (Wildman–Crippen MR) is 65.5 cm³/mol. The summed E-state index contributed by atoms with van der Waals surface area (Å²) >= 11 is 0. The van der Waals surface area contributed by atoms with Crippen LogP contribution in [0.25, 0.3) is 0 Å². The zero-order valence-electron chi connectivity index (χ0n) is 10.5. The van der Waals surface area contributed by atoms with Crippen molar-refractivity contribution < 1.29 is 13.5 Å². The zero-order valence-corrected chi connectivity index (χ0v) is 11.3. The number of hydrogen-bond acceptors (Lipinski definition) is 5. The van der Waals surface area contributed by atoms with Gasteiger partial charge in [-0.3, -0.25) is 0 Å². The van der Waals surface area contributed by atoms with Gasteiger partial charge in [0.2, 0.25) is 0 Å². The summed E-state index contributed by atoms with van der Waals surface area (Å²) in [6.07, 6.45) is 3.43. The third-order valence-corrected chi connectivity index (χ3v) is 4.78. The van der Waals surface area contributed by atoms with Gasteiger partial charge in [-0.05, 0) is 13.0 Å². The third kappa shape index (κ3) is 2.56. The van der Waals surface area contributed by atoms with Crippen LogP contribution in [0, 0.1) is 0 Å². The summed E-state index contributed by atoms with van der Waals surface area (Å²) < 4.78 is 27.1. The minimum absolute atomic E-state index is 0.00190. The second-order valence-corrected chi connectivity index (χ2v) is 6.78. The van der Waals surface area contributed by atoms with Crippen LogP contribution in [0.1, 0.15) is 6.42 Å². The van der Waals surface area contributed by atoms with E-state index >= 15 is 0 Å². The first kappa shape index (κ1) is 13.5. The number of rotatable bonds is 4. The molecule has 0 radical (unpaired) electrons. The Balaban J connectivity index is 2.15. The van der Waals surface area contributed by atoms with Crippen LogP contribution in [0.4, 0.5) is 0 Å². The highest BCUT2D eigenvalue weighted by atomic mass is 32.2. The number of hydrogen-bond donors (Lipinski definition) is 2. The van der Waals surface area contributed by atoms with Crippen molar-refractivity contribution in [3.63, 3.8) is 0 Å². The maximum atomic E-state index is 12.2. The molecule has 1 unspecified atom stereocenters. The lowest BCUT2D eigenvalue weighted by atomic mass is 10.0. The van der Waals surface area contributed by atoms with Crippen LogP contribution in [0.3, 0.4) is 0 Å². The highest BCUT2D eigenvalue weighted by Crippen LogP contribution is 2.19. The van der Waals surface area contributed by atoms with Crippen LogP contribution in [-0.2, 0) is 17.1 Å². The molecule has 2 heterocycles. The van der Waals surface area contributed by atoms with Gasteiger partial charge in [-0.15, -0.1) is 0 Å². The zero-order chi connectivity index (χ0) is 13.4. The Morgan fingerprint density at radius 1 is 1.67 bits per heavy atom. The van der Waals surface area contributed by atoms with Crippen molar-refractivity contribution in [1.82, 2.24) is 19.2 Å². The third-order valence-electron chi connectivity index (χ3n) is 3.09. The molecular weight excluding hydrogens is 256 g/mol. The molecule has 8 heteroatoms. The molecule has 102 valence electrons. The highest BCUT2D eigenvalue weighted by molar-refractivity contribution is 7.89. The Morgan fingerprint density at radius 2 is 2.39 bits per heavy atom. The molecule has 0 aromatic carbocycles. The number of sulfonamides is 1. The van der Waals surface area contributed by atoms with Crippen molar-refractivity contribution in [2.45, 2.75) is 17.0 Å². The lowest BCUT2D eigenvalue weighted by Crippen LogP contribution is -2.45. The van der Waals surface area contributed by atoms with Crippen LogP contribution < -0.4 is 5.32 Å². The van der Waals surface area contributed by atoms with Crippen LogP contribution >= 0.6 is 0 Å². The van der Waals surface area contributed by atoms with Crippen LogP contribution in [-0.4, -0.2) is 59.7 Å². The van der Waals surface area contributed by atoms with Gasteiger partial charge in [0.1, 0.15) is 0 Å². The van der Waals surface area contributed by atoms with Crippen LogP contribution in [0.2, 0.25) is 0 Å². The molecule has 1 fully saturated rings. The Morgan fingerprint density at radius 3 is 2.89 bits per heavy atom. The highest BCUT2D eigenvalue weighted by Gasteiger charge is 2.36. The first-order valence-electron chi connectivity index (χ1n) is 5.71. The van der Waals surface area contributed by atoms with Gasteiger partial charge in [0.05, 0.1) is 11.9 Å². The van der Waals surface area contributed by atoms with E-state index in [0.29, 0.717) is 19.5 Å². The number of aryl methyl sites for hydroxylation is 1. The van der Waals surface area contributed by atoms with E-state index in [2.05, 4.69) is 10.3 Å². The fourth-order valence-electron chi connectivity index (χ4n) is 2.05. The largest absolute Gasteiger partial charge is 0.387 e. The molecule has 1 aromatic heterocycles. The van der Waals surface area contributed by atoms with Gasteiger partial charge < -0.3 is 15.0 Å². The molecule has 1 atom stereocenters. The number of likely N-dealkylation sites (N-methyl/N-ethyl adjacent to an activating group) is 1. The summed E-state index contributed by atoms with van der Waals surface area (Å²) in [4.78, 5) is 3.84. The average molecular weight is 274 g/mol. The van der Waals surface area contributed by atoms with Crippen LogP contribution in [0.15, 0.2) is 17.6 Å². The molecule has 0 saturated carbocycles. The minimum Gasteiger partial charge on any atom is -0.387 e. The van der Waals surface area contributed by atoms with Gasteiger partial charge in [0.15, 0.2) is 5.03 Å².